The quantitative estimate of drug-likeness (QED) is 0.177. The summed E-state index contributed by atoms with van der Waals surface area (Å²) in [6.07, 6.45) is 5.53. The second kappa shape index (κ2) is 14.0. The third kappa shape index (κ3) is 12.8. The minimum Gasteiger partial charge on any atom is -0.481 e. The lowest BCUT2D eigenvalue weighted by molar-refractivity contribution is -0.234. The second-order valence-corrected chi connectivity index (χ2v) is 6.62. The molecule has 0 unspecified atom stereocenters. The normalized spacial score (nSPS) is 11.0. The van der Waals surface area contributed by atoms with Crippen LogP contribution in [-0.4, -0.2) is 39.9 Å². The van der Waals surface area contributed by atoms with Crippen molar-refractivity contribution in [3.8, 4) is 0 Å². The fraction of sp³-hybridized carbons (Fsp3) is 0.789. The Morgan fingerprint density at radius 3 is 1.33 bits per heavy atom. The molecule has 0 fully saturated rings. The van der Waals surface area contributed by atoms with E-state index in [1.807, 2.05) is 13.8 Å². The molecule has 0 saturated heterocycles. The van der Waals surface area contributed by atoms with Gasteiger partial charge < -0.3 is 19.7 Å². The number of rotatable bonds is 16. The third-order valence-corrected chi connectivity index (χ3v) is 4.01. The van der Waals surface area contributed by atoms with Gasteiger partial charge in [0.05, 0.1) is 0 Å². The molecule has 0 rings (SSSR count). The lowest BCUT2D eigenvalue weighted by atomic mass is 9.99. The van der Waals surface area contributed by atoms with Gasteiger partial charge in [-0.15, -0.1) is 0 Å². The summed E-state index contributed by atoms with van der Waals surface area (Å²) >= 11 is 0. The molecule has 0 bridgehead atoms. The van der Waals surface area contributed by atoms with Crippen LogP contribution >= 0.6 is 0 Å². The standard InChI is InChI=1S/C19H32O8/c1-3-5-7-9-11-19(12-10-8-6-4-2,26-17(24)13-15(20)21)27-18(25)14-16(22)23/h3-14H2,1-2H3,(H,20,21)(H,22,23). The smallest absolute Gasteiger partial charge is 0.320 e. The fourth-order valence-electron chi connectivity index (χ4n) is 2.73. The highest BCUT2D eigenvalue weighted by atomic mass is 16.7. The van der Waals surface area contributed by atoms with Gasteiger partial charge in [-0.1, -0.05) is 52.4 Å². The van der Waals surface area contributed by atoms with Gasteiger partial charge in [-0.25, -0.2) is 0 Å². The van der Waals surface area contributed by atoms with E-state index in [2.05, 4.69) is 0 Å². The van der Waals surface area contributed by atoms with E-state index in [0.717, 1.165) is 38.5 Å². The molecule has 0 aliphatic heterocycles. The summed E-state index contributed by atoms with van der Waals surface area (Å²) in [5, 5.41) is 17.6. The molecule has 0 aliphatic rings. The zero-order valence-electron chi connectivity index (χ0n) is 16.3. The van der Waals surface area contributed by atoms with Crippen LogP contribution in [0, 0.1) is 0 Å². The van der Waals surface area contributed by atoms with E-state index in [4.69, 9.17) is 19.7 Å². The number of carbonyl (C=O) groups is 4. The molecule has 8 heteroatoms. The van der Waals surface area contributed by atoms with Crippen molar-refractivity contribution in [1.82, 2.24) is 0 Å². The topological polar surface area (TPSA) is 127 Å². The summed E-state index contributed by atoms with van der Waals surface area (Å²) in [7, 11) is 0. The molecule has 0 saturated carbocycles. The van der Waals surface area contributed by atoms with Gasteiger partial charge in [0.1, 0.15) is 12.8 Å². The van der Waals surface area contributed by atoms with Crippen LogP contribution in [0.4, 0.5) is 0 Å². The van der Waals surface area contributed by atoms with E-state index in [1.54, 1.807) is 0 Å². The Balaban J connectivity index is 5.28. The molecular formula is C19H32O8. The van der Waals surface area contributed by atoms with Crippen molar-refractivity contribution in [3.63, 3.8) is 0 Å². The van der Waals surface area contributed by atoms with E-state index >= 15 is 0 Å². The van der Waals surface area contributed by atoms with Gasteiger partial charge >= 0.3 is 23.9 Å². The first-order valence-corrected chi connectivity index (χ1v) is 9.62. The summed E-state index contributed by atoms with van der Waals surface area (Å²) in [5.74, 6) is -6.31. The minimum absolute atomic E-state index is 0.218. The fourth-order valence-corrected chi connectivity index (χ4v) is 2.73. The SMILES string of the molecule is CCCCCCC(CCCCCC)(OC(=O)CC(=O)O)OC(=O)CC(=O)O. The van der Waals surface area contributed by atoms with E-state index in [-0.39, 0.29) is 12.8 Å². The predicted molar refractivity (Wildman–Crippen MR) is 96.9 cm³/mol. The Morgan fingerprint density at radius 1 is 0.667 bits per heavy atom. The van der Waals surface area contributed by atoms with Gasteiger partial charge in [-0.3, -0.25) is 19.2 Å². The first kappa shape index (κ1) is 24.9. The highest BCUT2D eigenvalue weighted by Gasteiger charge is 2.38. The van der Waals surface area contributed by atoms with Crippen molar-refractivity contribution in [1.29, 1.82) is 0 Å². The Labute approximate surface area is 160 Å². The Morgan fingerprint density at radius 2 is 1.04 bits per heavy atom. The van der Waals surface area contributed by atoms with E-state index < -0.39 is 42.5 Å². The number of unbranched alkanes of at least 4 members (excludes halogenated alkanes) is 6. The van der Waals surface area contributed by atoms with Crippen molar-refractivity contribution in [2.75, 3.05) is 0 Å². The molecule has 8 nitrogen and oxygen atoms in total. The van der Waals surface area contributed by atoms with Gasteiger partial charge in [0, 0.05) is 12.8 Å². The molecule has 0 spiro atoms. The predicted octanol–water partition coefficient (Wildman–Crippen LogP) is 3.66. The van der Waals surface area contributed by atoms with Crippen LogP contribution in [0.1, 0.15) is 90.9 Å². The van der Waals surface area contributed by atoms with Gasteiger partial charge in [0.2, 0.25) is 0 Å². The average molecular weight is 388 g/mol. The van der Waals surface area contributed by atoms with Gasteiger partial charge in [-0.05, 0) is 12.8 Å². The Kier molecular flexibility index (Phi) is 12.9. The summed E-state index contributed by atoms with van der Waals surface area (Å²) < 4.78 is 10.6. The van der Waals surface area contributed by atoms with E-state index in [0.29, 0.717) is 12.8 Å². The van der Waals surface area contributed by atoms with Crippen molar-refractivity contribution >= 4 is 23.9 Å². The maximum atomic E-state index is 11.9. The monoisotopic (exact) mass is 388 g/mol. The third-order valence-electron chi connectivity index (χ3n) is 4.01. The largest absolute Gasteiger partial charge is 0.481 e. The molecule has 156 valence electrons. The van der Waals surface area contributed by atoms with Crippen molar-refractivity contribution in [2.45, 2.75) is 96.7 Å². The van der Waals surface area contributed by atoms with Crippen LogP contribution in [0.2, 0.25) is 0 Å². The number of carbonyl (C=O) groups excluding carboxylic acids is 2. The van der Waals surface area contributed by atoms with Crippen molar-refractivity contribution in [3.05, 3.63) is 0 Å². The lowest BCUT2D eigenvalue weighted by Crippen LogP contribution is -2.41. The summed E-state index contributed by atoms with van der Waals surface area (Å²) in [6, 6.07) is 0. The van der Waals surface area contributed by atoms with Gasteiger partial charge in [0.15, 0.2) is 0 Å². The number of carboxylic acid groups (broad SMARTS) is 2. The van der Waals surface area contributed by atoms with Crippen LogP contribution in [0.25, 0.3) is 0 Å². The number of hydrogen-bond acceptors (Lipinski definition) is 6. The zero-order chi connectivity index (χ0) is 20.7. The Bertz CT molecular complexity index is 442. The second-order valence-electron chi connectivity index (χ2n) is 6.62. The van der Waals surface area contributed by atoms with Gasteiger partial charge in [0.25, 0.3) is 5.79 Å². The highest BCUT2D eigenvalue weighted by molar-refractivity contribution is 5.91. The van der Waals surface area contributed by atoms with Crippen molar-refractivity contribution in [2.24, 2.45) is 0 Å². The minimum atomic E-state index is -1.61. The summed E-state index contributed by atoms with van der Waals surface area (Å²) in [4.78, 5) is 45.4. The molecule has 0 radical (unpaired) electrons. The van der Waals surface area contributed by atoms with Gasteiger partial charge in [-0.2, -0.15) is 0 Å². The van der Waals surface area contributed by atoms with Crippen molar-refractivity contribution < 1.29 is 38.9 Å². The van der Waals surface area contributed by atoms with Crippen LogP contribution in [-0.2, 0) is 28.7 Å². The molecule has 0 amide bonds. The summed E-state index contributed by atoms with van der Waals surface area (Å²) in [5.41, 5.74) is 0. The van der Waals surface area contributed by atoms with E-state index in [9.17, 15) is 19.2 Å². The van der Waals surface area contributed by atoms with Crippen LogP contribution in [0.3, 0.4) is 0 Å². The molecule has 0 atom stereocenters. The maximum absolute atomic E-state index is 11.9. The average Bonchev–Trinajstić information content (AvgIpc) is 2.54. The number of aliphatic carboxylic acids is 2. The van der Waals surface area contributed by atoms with Crippen LogP contribution in [0.5, 0.6) is 0 Å². The molecule has 0 aromatic heterocycles. The molecule has 0 aliphatic carbocycles. The first-order chi connectivity index (χ1) is 12.7. The summed E-state index contributed by atoms with van der Waals surface area (Å²) in [6.45, 7) is 4.08. The number of ether oxygens (including phenoxy) is 2. The van der Waals surface area contributed by atoms with E-state index in [1.165, 1.54) is 0 Å². The Hall–Kier alpha value is -2.12. The van der Waals surface area contributed by atoms with Crippen LogP contribution < -0.4 is 0 Å². The lowest BCUT2D eigenvalue weighted by Gasteiger charge is -2.33. The highest BCUT2D eigenvalue weighted by Crippen LogP contribution is 2.30. The molecule has 27 heavy (non-hydrogen) atoms. The number of carboxylic acids is 2. The molecule has 2 N–H and O–H groups in total. The maximum Gasteiger partial charge on any atom is 0.320 e. The first-order valence-electron chi connectivity index (χ1n) is 9.62. The number of esters is 2. The molecule has 0 heterocycles. The molecule has 0 aromatic carbocycles. The number of hydrogen-bond donors (Lipinski definition) is 2. The van der Waals surface area contributed by atoms with Crippen LogP contribution in [0.15, 0.2) is 0 Å². The molecule has 0 aromatic rings. The molecular weight excluding hydrogens is 356 g/mol. The zero-order valence-corrected chi connectivity index (χ0v) is 16.3.